The van der Waals surface area contributed by atoms with Crippen LogP contribution in [0.3, 0.4) is 0 Å². The number of allylic oxidation sites excluding steroid dienone is 1. The molecule has 6 heteroatoms. The molecule has 1 aromatic heterocycles. The van der Waals surface area contributed by atoms with Crippen molar-refractivity contribution >= 4 is 18.2 Å². The average Bonchev–Trinajstić information content (AvgIpc) is 3.07. The summed E-state index contributed by atoms with van der Waals surface area (Å²) in [5.41, 5.74) is 3.26. The van der Waals surface area contributed by atoms with E-state index in [0.29, 0.717) is 17.3 Å². The van der Waals surface area contributed by atoms with Gasteiger partial charge in [-0.1, -0.05) is 6.07 Å². The van der Waals surface area contributed by atoms with E-state index in [4.69, 9.17) is 13.9 Å². The minimum absolute atomic E-state index is 0.194. The van der Waals surface area contributed by atoms with E-state index in [-0.39, 0.29) is 12.3 Å². The van der Waals surface area contributed by atoms with Crippen LogP contribution in [-0.4, -0.2) is 26.3 Å². The first kappa shape index (κ1) is 16.4. The number of rotatable bonds is 7. The number of hydrazone groups is 1. The fraction of sp³-hybridized carbons (Fsp3) is 0.176. The SMILES string of the molecule is COc1ccc(CC(=O)N/N=C\C=C\c2ccco2)cc1OC. The second-order valence-electron chi connectivity index (χ2n) is 4.55. The van der Waals surface area contributed by atoms with E-state index < -0.39 is 0 Å². The molecule has 2 aromatic rings. The smallest absolute Gasteiger partial charge is 0.244 e. The van der Waals surface area contributed by atoms with Crippen molar-refractivity contribution in [2.75, 3.05) is 14.2 Å². The molecule has 0 fully saturated rings. The average molecular weight is 314 g/mol. The van der Waals surface area contributed by atoms with Gasteiger partial charge in [0, 0.05) is 6.21 Å². The van der Waals surface area contributed by atoms with Crippen molar-refractivity contribution in [2.24, 2.45) is 5.10 Å². The van der Waals surface area contributed by atoms with Crippen LogP contribution in [0.1, 0.15) is 11.3 Å². The molecule has 0 aliphatic carbocycles. The van der Waals surface area contributed by atoms with E-state index in [2.05, 4.69) is 10.5 Å². The Hall–Kier alpha value is -3.02. The van der Waals surface area contributed by atoms with Crippen LogP contribution in [0.5, 0.6) is 11.5 Å². The number of ether oxygens (including phenoxy) is 2. The Balaban J connectivity index is 1.85. The molecule has 2 rings (SSSR count). The van der Waals surface area contributed by atoms with Gasteiger partial charge in [-0.2, -0.15) is 5.10 Å². The molecule has 0 atom stereocenters. The molecule has 1 N–H and O–H groups in total. The maximum Gasteiger partial charge on any atom is 0.244 e. The van der Waals surface area contributed by atoms with Gasteiger partial charge in [-0.3, -0.25) is 4.79 Å². The van der Waals surface area contributed by atoms with Crippen LogP contribution in [0.2, 0.25) is 0 Å². The fourth-order valence-electron chi connectivity index (χ4n) is 1.89. The van der Waals surface area contributed by atoms with Gasteiger partial charge in [0.1, 0.15) is 5.76 Å². The number of furan rings is 1. The highest BCUT2D eigenvalue weighted by Gasteiger charge is 2.07. The van der Waals surface area contributed by atoms with Crippen LogP contribution >= 0.6 is 0 Å². The molecular formula is C17H18N2O4. The van der Waals surface area contributed by atoms with Crippen LogP contribution in [-0.2, 0) is 11.2 Å². The molecule has 0 saturated carbocycles. The molecule has 0 aliphatic rings. The number of carbonyl (C=O) groups is 1. The molecule has 1 aromatic carbocycles. The third-order valence-corrected chi connectivity index (χ3v) is 2.97. The first-order valence-corrected chi connectivity index (χ1v) is 6.96. The number of amides is 1. The highest BCUT2D eigenvalue weighted by atomic mass is 16.5. The number of methoxy groups -OCH3 is 2. The summed E-state index contributed by atoms with van der Waals surface area (Å²) in [5.74, 6) is 1.70. The van der Waals surface area contributed by atoms with Crippen molar-refractivity contribution < 1.29 is 18.7 Å². The second kappa shape index (κ2) is 8.43. The van der Waals surface area contributed by atoms with E-state index >= 15 is 0 Å². The topological polar surface area (TPSA) is 73.1 Å². The van der Waals surface area contributed by atoms with Gasteiger partial charge < -0.3 is 13.9 Å². The molecule has 0 unspecified atom stereocenters. The Labute approximate surface area is 134 Å². The van der Waals surface area contributed by atoms with Gasteiger partial charge >= 0.3 is 0 Å². The first-order chi connectivity index (χ1) is 11.2. The zero-order valence-corrected chi connectivity index (χ0v) is 13.0. The summed E-state index contributed by atoms with van der Waals surface area (Å²) in [6, 6.07) is 8.94. The Morgan fingerprint density at radius 1 is 1.26 bits per heavy atom. The molecule has 0 saturated heterocycles. The number of hydrogen-bond donors (Lipinski definition) is 1. The molecule has 0 aliphatic heterocycles. The van der Waals surface area contributed by atoms with Crippen LogP contribution in [0.25, 0.3) is 6.08 Å². The standard InChI is InChI=1S/C17H18N2O4/c1-21-15-8-7-13(11-16(15)22-2)12-17(20)19-18-9-3-5-14-6-4-10-23-14/h3-11H,12H2,1-2H3,(H,19,20)/b5-3+,18-9-. The predicted octanol–water partition coefficient (Wildman–Crippen LogP) is 2.65. The molecular weight excluding hydrogens is 296 g/mol. The van der Waals surface area contributed by atoms with Gasteiger partial charge in [0.2, 0.25) is 5.91 Å². The van der Waals surface area contributed by atoms with Crippen LogP contribution < -0.4 is 14.9 Å². The highest BCUT2D eigenvalue weighted by Crippen LogP contribution is 2.27. The molecule has 0 radical (unpaired) electrons. The minimum atomic E-state index is -0.222. The van der Waals surface area contributed by atoms with Crippen molar-refractivity contribution in [1.29, 1.82) is 0 Å². The Morgan fingerprint density at radius 2 is 2.09 bits per heavy atom. The van der Waals surface area contributed by atoms with Crippen molar-refractivity contribution in [2.45, 2.75) is 6.42 Å². The van der Waals surface area contributed by atoms with Crippen molar-refractivity contribution in [1.82, 2.24) is 5.43 Å². The van der Waals surface area contributed by atoms with E-state index in [1.165, 1.54) is 6.21 Å². The van der Waals surface area contributed by atoms with E-state index in [1.54, 1.807) is 50.8 Å². The summed E-state index contributed by atoms with van der Waals surface area (Å²) >= 11 is 0. The summed E-state index contributed by atoms with van der Waals surface area (Å²) in [6.07, 6.45) is 6.68. The monoisotopic (exact) mass is 314 g/mol. The van der Waals surface area contributed by atoms with Crippen molar-refractivity contribution in [3.63, 3.8) is 0 Å². The largest absolute Gasteiger partial charge is 0.493 e. The number of hydrogen-bond acceptors (Lipinski definition) is 5. The van der Waals surface area contributed by atoms with Crippen LogP contribution in [0.15, 0.2) is 52.2 Å². The van der Waals surface area contributed by atoms with Gasteiger partial charge in [-0.15, -0.1) is 0 Å². The lowest BCUT2D eigenvalue weighted by atomic mass is 10.1. The second-order valence-corrected chi connectivity index (χ2v) is 4.55. The summed E-state index contributed by atoms with van der Waals surface area (Å²) in [7, 11) is 3.12. The first-order valence-electron chi connectivity index (χ1n) is 6.96. The summed E-state index contributed by atoms with van der Waals surface area (Å²) in [4.78, 5) is 11.8. The number of carbonyl (C=O) groups excluding carboxylic acids is 1. The summed E-state index contributed by atoms with van der Waals surface area (Å²) < 4.78 is 15.5. The fourth-order valence-corrected chi connectivity index (χ4v) is 1.89. The zero-order valence-electron chi connectivity index (χ0n) is 13.0. The molecule has 0 bridgehead atoms. The quantitative estimate of drug-likeness (QED) is 0.630. The lowest BCUT2D eigenvalue weighted by molar-refractivity contribution is -0.120. The molecule has 120 valence electrons. The van der Waals surface area contributed by atoms with Gasteiger partial charge in [0.25, 0.3) is 0 Å². The predicted molar refractivity (Wildman–Crippen MR) is 87.6 cm³/mol. The Bertz CT molecular complexity index is 691. The maximum absolute atomic E-state index is 11.8. The van der Waals surface area contributed by atoms with Crippen LogP contribution in [0.4, 0.5) is 0 Å². The van der Waals surface area contributed by atoms with Crippen LogP contribution in [0, 0.1) is 0 Å². The number of nitrogens with one attached hydrogen (secondary N) is 1. The van der Waals surface area contributed by atoms with E-state index in [0.717, 1.165) is 5.56 Å². The normalized spacial score (nSPS) is 11.0. The third kappa shape index (κ3) is 5.03. The van der Waals surface area contributed by atoms with Crippen molar-refractivity contribution in [3.05, 3.63) is 54.0 Å². The summed E-state index contributed by atoms with van der Waals surface area (Å²) in [5, 5.41) is 3.83. The minimum Gasteiger partial charge on any atom is -0.493 e. The third-order valence-electron chi connectivity index (χ3n) is 2.97. The van der Waals surface area contributed by atoms with Gasteiger partial charge in [0.05, 0.1) is 26.9 Å². The lowest BCUT2D eigenvalue weighted by Crippen LogP contribution is -2.19. The van der Waals surface area contributed by atoms with Gasteiger partial charge in [0.15, 0.2) is 11.5 Å². The zero-order chi connectivity index (χ0) is 16.5. The maximum atomic E-state index is 11.8. The van der Waals surface area contributed by atoms with E-state index in [1.807, 2.05) is 12.1 Å². The molecule has 1 heterocycles. The molecule has 23 heavy (non-hydrogen) atoms. The Morgan fingerprint density at radius 3 is 2.78 bits per heavy atom. The van der Waals surface area contributed by atoms with E-state index in [9.17, 15) is 4.79 Å². The van der Waals surface area contributed by atoms with Gasteiger partial charge in [-0.25, -0.2) is 5.43 Å². The Kier molecular flexibility index (Phi) is 5.99. The number of benzene rings is 1. The highest BCUT2D eigenvalue weighted by molar-refractivity contribution is 5.82. The molecule has 0 spiro atoms. The molecule has 1 amide bonds. The molecule has 6 nitrogen and oxygen atoms in total. The summed E-state index contributed by atoms with van der Waals surface area (Å²) in [6.45, 7) is 0. The lowest BCUT2D eigenvalue weighted by Gasteiger charge is -2.08. The van der Waals surface area contributed by atoms with Crippen molar-refractivity contribution in [3.8, 4) is 11.5 Å². The van der Waals surface area contributed by atoms with Gasteiger partial charge in [-0.05, 0) is 42.0 Å². The number of nitrogens with zero attached hydrogens (tertiary/aromatic N) is 1.